The van der Waals surface area contributed by atoms with E-state index in [1.54, 1.807) is 12.1 Å². The fraction of sp³-hybridized carbons (Fsp3) is 0.0769. The zero-order chi connectivity index (χ0) is 13.9. The quantitative estimate of drug-likeness (QED) is 0.745. The second-order valence-corrected chi connectivity index (χ2v) is 5.81. The fourth-order valence-corrected chi connectivity index (χ4v) is 2.51. The highest BCUT2D eigenvalue weighted by Crippen LogP contribution is 2.24. The van der Waals surface area contributed by atoms with Crippen molar-refractivity contribution in [3.05, 3.63) is 48.5 Å². The number of benzene rings is 2. The molecule has 0 aliphatic heterocycles. The third-order valence-electron chi connectivity index (χ3n) is 2.63. The molecule has 2 aromatic rings. The zero-order valence-corrected chi connectivity index (χ0v) is 11.2. The van der Waals surface area contributed by atoms with E-state index in [-0.39, 0.29) is 10.6 Å². The van der Waals surface area contributed by atoms with Crippen LogP contribution in [-0.2, 0) is 10.0 Å². The van der Waals surface area contributed by atoms with Crippen molar-refractivity contribution in [3.8, 4) is 0 Å². The molecule has 100 valence electrons. The third kappa shape index (κ3) is 3.04. The van der Waals surface area contributed by atoms with E-state index in [0.717, 1.165) is 11.4 Å². The Bertz CT molecular complexity index is 670. The predicted octanol–water partition coefficient (Wildman–Crippen LogP) is 1.92. The molecule has 0 atom stereocenters. The first kappa shape index (κ1) is 13.4. The molecule has 0 unspecified atom stereocenters. The van der Waals surface area contributed by atoms with E-state index < -0.39 is 10.0 Å². The van der Waals surface area contributed by atoms with E-state index >= 15 is 0 Å². The van der Waals surface area contributed by atoms with E-state index in [0.29, 0.717) is 0 Å². The van der Waals surface area contributed by atoms with Gasteiger partial charge in [-0.2, -0.15) is 0 Å². The van der Waals surface area contributed by atoms with Crippen LogP contribution >= 0.6 is 0 Å². The number of hydrogen-bond acceptors (Lipinski definition) is 4. The Balaban J connectivity index is 2.30. The van der Waals surface area contributed by atoms with Crippen molar-refractivity contribution in [3.63, 3.8) is 0 Å². The summed E-state index contributed by atoms with van der Waals surface area (Å²) < 4.78 is 25.6. The van der Waals surface area contributed by atoms with Crippen LogP contribution in [0.5, 0.6) is 0 Å². The average Bonchev–Trinajstić information content (AvgIpc) is 2.39. The van der Waals surface area contributed by atoms with Crippen LogP contribution in [0.25, 0.3) is 0 Å². The summed E-state index contributed by atoms with van der Waals surface area (Å²) in [4.78, 5) is 0.0774. The maximum absolute atomic E-state index is 11.7. The van der Waals surface area contributed by atoms with Gasteiger partial charge in [0.25, 0.3) is 0 Å². The van der Waals surface area contributed by atoms with Crippen LogP contribution in [0.1, 0.15) is 0 Å². The first-order valence-electron chi connectivity index (χ1n) is 5.68. The lowest BCUT2D eigenvalue weighted by molar-refractivity contribution is 0.588. The molecule has 0 radical (unpaired) electrons. The van der Waals surface area contributed by atoms with Crippen LogP contribution in [0.2, 0.25) is 0 Å². The molecule has 6 heteroatoms. The van der Waals surface area contributed by atoms with Crippen LogP contribution in [0.15, 0.2) is 53.4 Å². The molecule has 0 aliphatic rings. The van der Waals surface area contributed by atoms with Gasteiger partial charge in [-0.15, -0.1) is 0 Å². The molecule has 0 aromatic heterocycles. The van der Waals surface area contributed by atoms with E-state index in [1.807, 2.05) is 30.3 Å². The molecule has 0 bridgehead atoms. The van der Waals surface area contributed by atoms with Crippen molar-refractivity contribution in [1.82, 2.24) is 4.72 Å². The lowest BCUT2D eigenvalue weighted by Gasteiger charge is -2.10. The summed E-state index contributed by atoms with van der Waals surface area (Å²) in [5.41, 5.74) is 7.62. The predicted molar refractivity (Wildman–Crippen MR) is 76.8 cm³/mol. The number of para-hydroxylation sites is 1. The van der Waals surface area contributed by atoms with Gasteiger partial charge < -0.3 is 11.1 Å². The van der Waals surface area contributed by atoms with Gasteiger partial charge in [0.05, 0.1) is 5.69 Å². The van der Waals surface area contributed by atoms with Gasteiger partial charge in [0.1, 0.15) is 4.90 Å². The summed E-state index contributed by atoms with van der Waals surface area (Å²) in [7, 11) is -2.17. The standard InChI is InChI=1S/C13H15N3O2S/c1-15-19(17,18)13-8-7-11(9-12(13)14)16-10-5-3-2-4-6-10/h2-9,15-16H,14H2,1H3. The van der Waals surface area contributed by atoms with Crippen LogP contribution in [0.3, 0.4) is 0 Å². The number of anilines is 3. The topological polar surface area (TPSA) is 84.2 Å². The minimum atomic E-state index is -3.52. The van der Waals surface area contributed by atoms with Crippen molar-refractivity contribution < 1.29 is 8.42 Å². The van der Waals surface area contributed by atoms with Crippen molar-refractivity contribution in [2.75, 3.05) is 18.1 Å². The molecule has 19 heavy (non-hydrogen) atoms. The second kappa shape index (κ2) is 5.29. The van der Waals surface area contributed by atoms with Gasteiger partial charge in [0.15, 0.2) is 0 Å². The molecular formula is C13H15N3O2S. The van der Waals surface area contributed by atoms with E-state index in [2.05, 4.69) is 10.0 Å². The van der Waals surface area contributed by atoms with Crippen molar-refractivity contribution in [2.45, 2.75) is 4.90 Å². The highest BCUT2D eigenvalue weighted by atomic mass is 32.2. The summed E-state index contributed by atoms with van der Waals surface area (Å²) in [6.45, 7) is 0. The van der Waals surface area contributed by atoms with Gasteiger partial charge in [-0.25, -0.2) is 13.1 Å². The molecule has 0 heterocycles. The lowest BCUT2D eigenvalue weighted by Crippen LogP contribution is -2.19. The molecular weight excluding hydrogens is 262 g/mol. The van der Waals surface area contributed by atoms with Crippen molar-refractivity contribution in [2.24, 2.45) is 0 Å². The van der Waals surface area contributed by atoms with Crippen molar-refractivity contribution >= 4 is 27.1 Å². The lowest BCUT2D eigenvalue weighted by atomic mass is 10.2. The van der Waals surface area contributed by atoms with E-state index in [9.17, 15) is 8.42 Å². The first-order valence-corrected chi connectivity index (χ1v) is 7.16. The molecule has 0 saturated carbocycles. The maximum Gasteiger partial charge on any atom is 0.242 e. The van der Waals surface area contributed by atoms with Gasteiger partial charge in [-0.3, -0.25) is 0 Å². The number of nitrogens with one attached hydrogen (secondary N) is 2. The normalized spacial score (nSPS) is 11.2. The number of sulfonamides is 1. The highest BCUT2D eigenvalue weighted by Gasteiger charge is 2.15. The van der Waals surface area contributed by atoms with E-state index in [1.165, 1.54) is 13.1 Å². The summed E-state index contributed by atoms with van der Waals surface area (Å²) in [5.74, 6) is 0. The Morgan fingerprint density at radius 3 is 2.26 bits per heavy atom. The van der Waals surface area contributed by atoms with Crippen LogP contribution in [0.4, 0.5) is 17.1 Å². The highest BCUT2D eigenvalue weighted by molar-refractivity contribution is 7.89. The van der Waals surface area contributed by atoms with Gasteiger partial charge >= 0.3 is 0 Å². The van der Waals surface area contributed by atoms with Crippen LogP contribution < -0.4 is 15.8 Å². The largest absolute Gasteiger partial charge is 0.398 e. The molecule has 0 amide bonds. The minimum Gasteiger partial charge on any atom is -0.398 e. The Morgan fingerprint density at radius 1 is 1.00 bits per heavy atom. The number of rotatable bonds is 4. The molecule has 0 saturated heterocycles. The smallest absolute Gasteiger partial charge is 0.242 e. The number of nitrogens with two attached hydrogens (primary N) is 1. The SMILES string of the molecule is CNS(=O)(=O)c1ccc(Nc2ccccc2)cc1N. The number of nitrogen functional groups attached to an aromatic ring is 1. The Labute approximate surface area is 112 Å². The minimum absolute atomic E-state index is 0.0774. The molecule has 0 aliphatic carbocycles. The van der Waals surface area contributed by atoms with Gasteiger partial charge in [0, 0.05) is 11.4 Å². The van der Waals surface area contributed by atoms with E-state index in [4.69, 9.17) is 5.73 Å². The Morgan fingerprint density at radius 2 is 1.68 bits per heavy atom. The van der Waals surface area contributed by atoms with Crippen molar-refractivity contribution in [1.29, 1.82) is 0 Å². The number of hydrogen-bond donors (Lipinski definition) is 3. The summed E-state index contributed by atoms with van der Waals surface area (Å²) in [6, 6.07) is 14.3. The zero-order valence-electron chi connectivity index (χ0n) is 10.4. The fourth-order valence-electron chi connectivity index (χ4n) is 1.67. The summed E-state index contributed by atoms with van der Waals surface area (Å²) in [5, 5.41) is 3.15. The molecule has 0 fully saturated rings. The molecule has 4 N–H and O–H groups in total. The summed E-state index contributed by atoms with van der Waals surface area (Å²) >= 11 is 0. The Kier molecular flexibility index (Phi) is 3.73. The van der Waals surface area contributed by atoms with Crippen LogP contribution in [-0.4, -0.2) is 15.5 Å². The first-order chi connectivity index (χ1) is 9.03. The van der Waals surface area contributed by atoms with Gasteiger partial charge in [0.2, 0.25) is 10.0 Å². The molecule has 2 rings (SSSR count). The van der Waals surface area contributed by atoms with Crippen LogP contribution in [0, 0.1) is 0 Å². The summed E-state index contributed by atoms with van der Waals surface area (Å²) in [6.07, 6.45) is 0. The van der Waals surface area contributed by atoms with Gasteiger partial charge in [-0.05, 0) is 37.4 Å². The Hall–Kier alpha value is -2.05. The third-order valence-corrected chi connectivity index (χ3v) is 4.12. The van der Waals surface area contributed by atoms with Gasteiger partial charge in [-0.1, -0.05) is 18.2 Å². The second-order valence-electron chi connectivity index (χ2n) is 3.95. The molecule has 0 spiro atoms. The monoisotopic (exact) mass is 277 g/mol. The molecule has 2 aromatic carbocycles. The average molecular weight is 277 g/mol. The molecule has 5 nitrogen and oxygen atoms in total. The maximum atomic E-state index is 11.7.